The predicted octanol–water partition coefficient (Wildman–Crippen LogP) is 5.48. The number of ether oxygens (including phenoxy) is 1. The second-order valence-electron chi connectivity index (χ2n) is 11.7. The van der Waals surface area contributed by atoms with Crippen LogP contribution in [0.1, 0.15) is 61.6 Å². The molecule has 0 radical (unpaired) electrons. The minimum atomic E-state index is -0.377. The van der Waals surface area contributed by atoms with Gasteiger partial charge in [-0.15, -0.1) is 0 Å². The molecule has 1 aromatic heterocycles. The fourth-order valence-corrected chi connectivity index (χ4v) is 7.37. The van der Waals surface area contributed by atoms with Crippen LogP contribution in [0.3, 0.4) is 0 Å². The Bertz CT molecular complexity index is 1340. The number of nitrogens with zero attached hydrogens (tertiary/aromatic N) is 4. The van der Waals surface area contributed by atoms with Crippen molar-refractivity contribution in [2.24, 2.45) is 11.8 Å². The van der Waals surface area contributed by atoms with Crippen LogP contribution in [-0.2, 0) is 27.9 Å². The van der Waals surface area contributed by atoms with E-state index >= 15 is 0 Å². The van der Waals surface area contributed by atoms with E-state index in [1.165, 1.54) is 5.56 Å². The molecule has 0 bridgehead atoms. The van der Waals surface area contributed by atoms with Crippen molar-refractivity contribution in [2.75, 3.05) is 20.1 Å². The van der Waals surface area contributed by atoms with Crippen LogP contribution < -0.4 is 5.32 Å². The third-order valence-electron chi connectivity index (χ3n) is 9.41. The Kier molecular flexibility index (Phi) is 9.58. The van der Waals surface area contributed by atoms with Crippen LogP contribution in [0.5, 0.6) is 0 Å². The van der Waals surface area contributed by atoms with Crippen LogP contribution in [0.2, 0.25) is 0 Å². The molecule has 1 saturated heterocycles. The average molecular weight is 568 g/mol. The second kappa shape index (κ2) is 13.7. The third kappa shape index (κ3) is 6.51. The number of carbonyl (C=O) groups excluding carboxylic acids is 2. The standard InChI is InChI=1S/C34H41N5O3/c1-36-33(41)42-31-11-6-10-30(31)34(24-38-22-19-37-25-38,28-8-3-2-4-9-28)29-17-20-39(21-18-29)32(40)12-5-7-26-13-15-27(23-35)16-14-26/h2-4,8-9,13-16,19,22,25,29-31H,5-7,10-12,17-18,20-21,24H2,1H3,(H,36,41)/t30-,31-,34?/m0/s1. The summed E-state index contributed by atoms with van der Waals surface area (Å²) >= 11 is 0. The van der Waals surface area contributed by atoms with Gasteiger partial charge in [0.25, 0.3) is 0 Å². The summed E-state index contributed by atoms with van der Waals surface area (Å²) < 4.78 is 8.18. The number of amides is 2. The van der Waals surface area contributed by atoms with E-state index in [1.807, 2.05) is 47.9 Å². The van der Waals surface area contributed by atoms with Crippen LogP contribution in [0, 0.1) is 23.2 Å². The number of aryl methyl sites for hydroxylation is 1. The van der Waals surface area contributed by atoms with Gasteiger partial charge in [-0.05, 0) is 74.1 Å². The average Bonchev–Trinajstić information content (AvgIpc) is 3.73. The van der Waals surface area contributed by atoms with Gasteiger partial charge in [0.05, 0.1) is 18.0 Å². The molecule has 2 aliphatic rings. The number of hydrogen-bond acceptors (Lipinski definition) is 5. The Morgan fingerprint density at radius 1 is 1.07 bits per heavy atom. The predicted molar refractivity (Wildman–Crippen MR) is 160 cm³/mol. The van der Waals surface area contributed by atoms with Crippen molar-refractivity contribution >= 4 is 12.0 Å². The van der Waals surface area contributed by atoms with Gasteiger partial charge in [0.2, 0.25) is 5.91 Å². The van der Waals surface area contributed by atoms with Gasteiger partial charge in [0, 0.05) is 56.8 Å². The molecule has 3 atom stereocenters. The fraction of sp³-hybridized carbons (Fsp3) is 0.471. The Morgan fingerprint density at radius 2 is 1.83 bits per heavy atom. The number of carbonyl (C=O) groups is 2. The summed E-state index contributed by atoms with van der Waals surface area (Å²) in [6.45, 7) is 2.21. The Morgan fingerprint density at radius 3 is 2.50 bits per heavy atom. The molecule has 220 valence electrons. The first-order valence-electron chi connectivity index (χ1n) is 15.2. The first-order chi connectivity index (χ1) is 20.5. The lowest BCUT2D eigenvalue weighted by Gasteiger charge is -2.50. The molecule has 5 rings (SSSR count). The number of alkyl carbamates (subject to hydrolysis) is 1. The van der Waals surface area contributed by atoms with Crippen molar-refractivity contribution in [1.29, 1.82) is 5.26 Å². The molecule has 1 N–H and O–H groups in total. The summed E-state index contributed by atoms with van der Waals surface area (Å²) in [4.78, 5) is 32.0. The first kappa shape index (κ1) is 29.4. The zero-order valence-electron chi connectivity index (χ0n) is 24.5. The number of imidazole rings is 1. The highest BCUT2D eigenvalue weighted by atomic mass is 16.6. The molecule has 42 heavy (non-hydrogen) atoms. The molecular weight excluding hydrogens is 526 g/mol. The van der Waals surface area contributed by atoms with Crippen LogP contribution in [0.15, 0.2) is 73.3 Å². The SMILES string of the molecule is CNC(=O)O[C@H]1CCC[C@@H]1C(Cn1ccnc1)(c1ccccc1)C1CCN(C(=O)CCCc2ccc(C#N)cc2)CC1. The summed E-state index contributed by atoms with van der Waals surface area (Å²) in [6.07, 6.45) is 12.0. The van der Waals surface area contributed by atoms with E-state index < -0.39 is 0 Å². The van der Waals surface area contributed by atoms with E-state index in [1.54, 1.807) is 7.05 Å². The topological polar surface area (TPSA) is 100 Å². The van der Waals surface area contributed by atoms with Gasteiger partial charge in [-0.2, -0.15) is 5.26 Å². The molecule has 2 aromatic carbocycles. The van der Waals surface area contributed by atoms with Gasteiger partial charge in [0.1, 0.15) is 6.10 Å². The summed E-state index contributed by atoms with van der Waals surface area (Å²) in [6, 6.07) is 20.5. The lowest BCUT2D eigenvalue weighted by Crippen LogP contribution is -2.53. The fourth-order valence-electron chi connectivity index (χ4n) is 7.37. The molecule has 3 aromatic rings. The molecule has 8 nitrogen and oxygen atoms in total. The van der Waals surface area contributed by atoms with E-state index in [0.29, 0.717) is 17.9 Å². The largest absolute Gasteiger partial charge is 0.446 e. The molecule has 8 heteroatoms. The lowest BCUT2D eigenvalue weighted by molar-refractivity contribution is -0.133. The van der Waals surface area contributed by atoms with Gasteiger partial charge < -0.3 is 19.5 Å². The molecule has 2 fully saturated rings. The van der Waals surface area contributed by atoms with Gasteiger partial charge in [0.15, 0.2) is 0 Å². The highest BCUT2D eigenvalue weighted by Gasteiger charge is 2.53. The van der Waals surface area contributed by atoms with Crippen molar-refractivity contribution in [2.45, 2.75) is 69.4 Å². The van der Waals surface area contributed by atoms with E-state index in [0.717, 1.165) is 70.1 Å². The van der Waals surface area contributed by atoms with Crippen molar-refractivity contribution in [1.82, 2.24) is 19.8 Å². The summed E-state index contributed by atoms with van der Waals surface area (Å²) in [5.74, 6) is 0.673. The van der Waals surface area contributed by atoms with Crippen LogP contribution in [0.25, 0.3) is 0 Å². The highest BCUT2D eigenvalue weighted by Crippen LogP contribution is 2.52. The zero-order valence-corrected chi connectivity index (χ0v) is 24.5. The first-order valence-corrected chi connectivity index (χ1v) is 15.2. The zero-order chi connectivity index (χ0) is 29.4. The number of aromatic nitrogens is 2. The van der Waals surface area contributed by atoms with Crippen LogP contribution in [0.4, 0.5) is 4.79 Å². The number of likely N-dealkylation sites (tertiary alicyclic amines) is 1. The maximum Gasteiger partial charge on any atom is 0.407 e. The number of nitriles is 1. The maximum absolute atomic E-state index is 13.2. The minimum absolute atomic E-state index is 0.152. The van der Waals surface area contributed by atoms with E-state index in [4.69, 9.17) is 10.00 Å². The molecule has 2 heterocycles. The van der Waals surface area contributed by atoms with Crippen LogP contribution in [-0.4, -0.2) is 52.7 Å². The minimum Gasteiger partial charge on any atom is -0.446 e. The van der Waals surface area contributed by atoms with Crippen molar-refractivity contribution in [3.05, 3.63) is 90.0 Å². The number of rotatable bonds is 10. The Balaban J connectivity index is 1.33. The van der Waals surface area contributed by atoms with E-state index in [-0.39, 0.29) is 29.4 Å². The molecular formula is C34H41N5O3. The van der Waals surface area contributed by atoms with Gasteiger partial charge in [-0.1, -0.05) is 42.5 Å². The quantitative estimate of drug-likeness (QED) is 0.350. The summed E-state index contributed by atoms with van der Waals surface area (Å²) in [7, 11) is 1.61. The summed E-state index contributed by atoms with van der Waals surface area (Å²) in [5.41, 5.74) is 2.80. The van der Waals surface area contributed by atoms with Gasteiger partial charge >= 0.3 is 6.09 Å². The molecule has 1 aliphatic carbocycles. The lowest BCUT2D eigenvalue weighted by atomic mass is 9.58. The number of nitrogens with one attached hydrogen (secondary N) is 1. The molecule has 2 amide bonds. The number of piperidine rings is 1. The third-order valence-corrected chi connectivity index (χ3v) is 9.41. The van der Waals surface area contributed by atoms with Gasteiger partial charge in [-0.25, -0.2) is 9.78 Å². The van der Waals surface area contributed by atoms with Crippen molar-refractivity contribution in [3.63, 3.8) is 0 Å². The normalized spacial score (nSPS) is 20.4. The molecule has 1 unspecified atom stereocenters. The Hall–Kier alpha value is -4.12. The molecule has 1 saturated carbocycles. The Labute approximate surface area is 248 Å². The monoisotopic (exact) mass is 567 g/mol. The smallest absolute Gasteiger partial charge is 0.407 e. The molecule has 1 aliphatic heterocycles. The molecule has 0 spiro atoms. The number of hydrogen-bond donors (Lipinski definition) is 1. The van der Waals surface area contributed by atoms with E-state index in [2.05, 4.69) is 51.3 Å². The highest BCUT2D eigenvalue weighted by molar-refractivity contribution is 5.76. The number of benzene rings is 2. The second-order valence-corrected chi connectivity index (χ2v) is 11.7. The maximum atomic E-state index is 13.2. The van der Waals surface area contributed by atoms with Crippen molar-refractivity contribution < 1.29 is 14.3 Å². The summed E-state index contributed by atoms with van der Waals surface area (Å²) in [5, 5.41) is 11.7. The van der Waals surface area contributed by atoms with Crippen LogP contribution >= 0.6 is 0 Å². The van der Waals surface area contributed by atoms with Crippen molar-refractivity contribution in [3.8, 4) is 6.07 Å². The van der Waals surface area contributed by atoms with E-state index in [9.17, 15) is 9.59 Å². The van der Waals surface area contributed by atoms with Gasteiger partial charge in [-0.3, -0.25) is 4.79 Å².